The molecular formula is C16H22O2. The normalized spacial score (nSPS) is 34.9. The van der Waals surface area contributed by atoms with Crippen LogP contribution in [0.5, 0.6) is 0 Å². The van der Waals surface area contributed by atoms with Crippen molar-refractivity contribution < 1.29 is 9.53 Å². The molecule has 0 amide bonds. The van der Waals surface area contributed by atoms with Crippen LogP contribution in [0.2, 0.25) is 0 Å². The fraction of sp³-hybridized carbons (Fsp3) is 0.688. The maximum atomic E-state index is 12.1. The van der Waals surface area contributed by atoms with Crippen molar-refractivity contribution in [1.82, 2.24) is 0 Å². The summed E-state index contributed by atoms with van der Waals surface area (Å²) in [5.41, 5.74) is 2.46. The zero-order chi connectivity index (χ0) is 12.8. The van der Waals surface area contributed by atoms with Crippen molar-refractivity contribution in [3.05, 3.63) is 23.0 Å². The minimum Gasteiger partial charge on any atom is -0.494 e. The van der Waals surface area contributed by atoms with Crippen LogP contribution in [0.1, 0.15) is 58.8 Å². The molecule has 1 heterocycles. The number of hydrogen-bond donors (Lipinski definition) is 0. The Morgan fingerprint density at radius 3 is 3.06 bits per heavy atom. The van der Waals surface area contributed by atoms with E-state index in [1.807, 2.05) is 0 Å². The average molecular weight is 246 g/mol. The molecule has 1 aliphatic heterocycles. The van der Waals surface area contributed by atoms with E-state index in [-0.39, 0.29) is 5.41 Å². The number of carbonyl (C=O) groups excluding carboxylic acids is 1. The molecule has 0 radical (unpaired) electrons. The Hall–Kier alpha value is -1.05. The second-order valence-corrected chi connectivity index (χ2v) is 6.05. The largest absolute Gasteiger partial charge is 0.494 e. The quantitative estimate of drug-likeness (QED) is 0.738. The van der Waals surface area contributed by atoms with Crippen LogP contribution in [0.15, 0.2) is 23.0 Å². The monoisotopic (exact) mass is 246 g/mol. The Bertz CT molecular complexity index is 444. The molecule has 0 saturated carbocycles. The summed E-state index contributed by atoms with van der Waals surface area (Å²) in [7, 11) is 0. The molecule has 3 aliphatic rings. The van der Waals surface area contributed by atoms with Crippen molar-refractivity contribution >= 4 is 5.78 Å². The minimum atomic E-state index is -0.195. The van der Waals surface area contributed by atoms with Gasteiger partial charge in [0.05, 0.1) is 17.3 Å². The van der Waals surface area contributed by atoms with E-state index in [1.165, 1.54) is 23.3 Å². The molecule has 1 unspecified atom stereocenters. The number of ketones is 1. The predicted molar refractivity (Wildman–Crippen MR) is 71.1 cm³/mol. The van der Waals surface area contributed by atoms with Gasteiger partial charge in [-0.15, -0.1) is 0 Å². The van der Waals surface area contributed by atoms with Gasteiger partial charge in [-0.2, -0.15) is 0 Å². The van der Waals surface area contributed by atoms with Gasteiger partial charge in [0.15, 0.2) is 0 Å². The van der Waals surface area contributed by atoms with Crippen LogP contribution >= 0.6 is 0 Å². The van der Waals surface area contributed by atoms with E-state index in [4.69, 9.17) is 4.74 Å². The molecule has 0 aromatic carbocycles. The molecule has 0 saturated heterocycles. The fourth-order valence-corrected chi connectivity index (χ4v) is 3.69. The topological polar surface area (TPSA) is 26.3 Å². The van der Waals surface area contributed by atoms with Gasteiger partial charge in [0.1, 0.15) is 5.78 Å². The summed E-state index contributed by atoms with van der Waals surface area (Å²) < 4.78 is 6.15. The van der Waals surface area contributed by atoms with Crippen LogP contribution in [-0.2, 0) is 9.53 Å². The molecule has 0 N–H and O–H groups in total. The van der Waals surface area contributed by atoms with E-state index in [0.29, 0.717) is 18.3 Å². The number of ether oxygens (including phenoxy) is 1. The van der Waals surface area contributed by atoms with Crippen LogP contribution in [0.4, 0.5) is 0 Å². The van der Waals surface area contributed by atoms with Gasteiger partial charge < -0.3 is 4.74 Å². The first-order valence-electron chi connectivity index (χ1n) is 7.28. The fourth-order valence-electron chi connectivity index (χ4n) is 3.69. The number of fused-ring (bicyclic) bond motifs is 2. The highest BCUT2D eigenvalue weighted by molar-refractivity contribution is 5.93. The van der Waals surface area contributed by atoms with Gasteiger partial charge in [-0.3, -0.25) is 4.79 Å². The molecule has 2 aliphatic carbocycles. The van der Waals surface area contributed by atoms with Gasteiger partial charge in [0.2, 0.25) is 0 Å². The van der Waals surface area contributed by atoms with Gasteiger partial charge >= 0.3 is 0 Å². The molecule has 2 atom stereocenters. The zero-order valence-corrected chi connectivity index (χ0v) is 11.4. The van der Waals surface area contributed by atoms with Crippen molar-refractivity contribution in [1.29, 1.82) is 0 Å². The van der Waals surface area contributed by atoms with E-state index in [1.54, 1.807) is 0 Å². The summed E-state index contributed by atoms with van der Waals surface area (Å²) in [4.78, 5) is 12.1. The van der Waals surface area contributed by atoms with Crippen LogP contribution < -0.4 is 0 Å². The van der Waals surface area contributed by atoms with E-state index >= 15 is 0 Å². The average Bonchev–Trinajstić information content (AvgIpc) is 2.67. The number of allylic oxidation sites excluding steroid dienone is 4. The summed E-state index contributed by atoms with van der Waals surface area (Å²) in [5.74, 6) is 1.60. The van der Waals surface area contributed by atoms with Gasteiger partial charge in [-0.25, -0.2) is 0 Å². The molecule has 0 fully saturated rings. The molecule has 98 valence electrons. The molecule has 0 spiro atoms. The summed E-state index contributed by atoms with van der Waals surface area (Å²) in [6.07, 6.45) is 9.66. The Kier molecular flexibility index (Phi) is 2.84. The lowest BCUT2D eigenvalue weighted by Gasteiger charge is -2.39. The van der Waals surface area contributed by atoms with Crippen LogP contribution in [0.25, 0.3) is 0 Å². The standard InChI is InChI=1S/C16H22O2/c1-3-4-11-5-6-12-13-7-8-15(17)16(13,2)10-9-14(12)18-11/h7,11H,3-6,8-10H2,1-2H3/t11?,16-/m1/s1. The molecule has 0 bridgehead atoms. The first-order chi connectivity index (χ1) is 8.65. The first kappa shape index (κ1) is 12.0. The maximum absolute atomic E-state index is 12.1. The molecule has 3 rings (SSSR count). The number of rotatable bonds is 2. The predicted octanol–water partition coefficient (Wildman–Crippen LogP) is 3.92. The van der Waals surface area contributed by atoms with Gasteiger partial charge in [0.25, 0.3) is 0 Å². The SMILES string of the molecule is CCCC1CCC2=C(CC[C@@]3(C)C(=O)CC=C23)O1. The van der Waals surface area contributed by atoms with E-state index in [9.17, 15) is 4.79 Å². The molecule has 18 heavy (non-hydrogen) atoms. The lowest BCUT2D eigenvalue weighted by Crippen LogP contribution is -2.33. The minimum absolute atomic E-state index is 0.195. The van der Waals surface area contributed by atoms with Crippen molar-refractivity contribution in [2.75, 3.05) is 0 Å². The zero-order valence-electron chi connectivity index (χ0n) is 11.4. The highest BCUT2D eigenvalue weighted by atomic mass is 16.5. The second-order valence-electron chi connectivity index (χ2n) is 6.05. The molecule has 2 heteroatoms. The summed E-state index contributed by atoms with van der Waals surface area (Å²) in [6.45, 7) is 4.33. The van der Waals surface area contributed by atoms with Crippen LogP contribution in [-0.4, -0.2) is 11.9 Å². The third-order valence-corrected chi connectivity index (χ3v) is 4.85. The number of hydrogen-bond acceptors (Lipinski definition) is 2. The van der Waals surface area contributed by atoms with Gasteiger partial charge in [-0.1, -0.05) is 19.4 Å². The molecule has 0 aromatic heterocycles. The lowest BCUT2D eigenvalue weighted by atomic mass is 9.70. The smallest absolute Gasteiger partial charge is 0.146 e. The van der Waals surface area contributed by atoms with E-state index in [2.05, 4.69) is 19.9 Å². The Balaban J connectivity index is 1.88. The van der Waals surface area contributed by atoms with E-state index < -0.39 is 0 Å². The second kappa shape index (κ2) is 4.25. The van der Waals surface area contributed by atoms with Crippen molar-refractivity contribution in [3.63, 3.8) is 0 Å². The number of Topliss-reactive ketones (excluding diaryl/α,β-unsaturated/α-hetero) is 1. The molecule has 0 aromatic rings. The Morgan fingerprint density at radius 2 is 2.28 bits per heavy atom. The van der Waals surface area contributed by atoms with Crippen LogP contribution in [0, 0.1) is 5.41 Å². The first-order valence-corrected chi connectivity index (χ1v) is 7.28. The highest BCUT2D eigenvalue weighted by Crippen LogP contribution is 2.51. The third-order valence-electron chi connectivity index (χ3n) is 4.85. The Labute approximate surface area is 109 Å². The summed E-state index contributed by atoms with van der Waals surface area (Å²) in [5, 5.41) is 0. The summed E-state index contributed by atoms with van der Waals surface area (Å²) in [6, 6.07) is 0. The van der Waals surface area contributed by atoms with Crippen molar-refractivity contribution in [2.45, 2.75) is 64.9 Å². The maximum Gasteiger partial charge on any atom is 0.146 e. The summed E-state index contributed by atoms with van der Waals surface area (Å²) >= 11 is 0. The van der Waals surface area contributed by atoms with Crippen molar-refractivity contribution in [3.8, 4) is 0 Å². The lowest BCUT2D eigenvalue weighted by molar-refractivity contribution is -0.124. The number of carbonyl (C=O) groups is 1. The molecular weight excluding hydrogens is 224 g/mol. The van der Waals surface area contributed by atoms with Gasteiger partial charge in [-0.05, 0) is 43.8 Å². The van der Waals surface area contributed by atoms with Crippen LogP contribution in [0.3, 0.4) is 0 Å². The van der Waals surface area contributed by atoms with Crippen molar-refractivity contribution in [2.24, 2.45) is 5.41 Å². The highest BCUT2D eigenvalue weighted by Gasteiger charge is 2.46. The Morgan fingerprint density at radius 1 is 1.44 bits per heavy atom. The third kappa shape index (κ3) is 1.65. The molecule has 2 nitrogen and oxygen atoms in total. The van der Waals surface area contributed by atoms with E-state index in [0.717, 1.165) is 32.1 Å². The van der Waals surface area contributed by atoms with Gasteiger partial charge in [0, 0.05) is 12.8 Å².